The van der Waals surface area contributed by atoms with Gasteiger partial charge in [0.15, 0.2) is 0 Å². The zero-order valence-electron chi connectivity index (χ0n) is 44.1. The second-order valence-corrected chi connectivity index (χ2v) is 35.6. The summed E-state index contributed by atoms with van der Waals surface area (Å²) >= 11 is -3.50. The van der Waals surface area contributed by atoms with Crippen LogP contribution in [0.5, 0.6) is 11.5 Å². The summed E-state index contributed by atoms with van der Waals surface area (Å²) in [4.78, 5) is 4.81. The van der Waals surface area contributed by atoms with Crippen molar-refractivity contribution in [2.75, 3.05) is 22.9 Å². The molecule has 4 aromatic carbocycles. The molecule has 0 unspecified atom stereocenters. The van der Waals surface area contributed by atoms with Crippen LogP contribution in [0.15, 0.2) is 72.8 Å². The number of halogens is 4. The van der Waals surface area contributed by atoms with Crippen LogP contribution in [0.1, 0.15) is 169 Å². The maximum atomic E-state index is 5.83. The van der Waals surface area contributed by atoms with Gasteiger partial charge >= 0.3 is 196 Å². The first-order valence-corrected chi connectivity index (χ1v) is 38.9. The molecule has 70 heavy (non-hydrogen) atoms. The van der Waals surface area contributed by atoms with Crippen molar-refractivity contribution >= 4 is 67.3 Å². The molecule has 0 spiro atoms. The molecular formula is C59H87Cl4N2O2PRu2+4. The van der Waals surface area contributed by atoms with Gasteiger partial charge in [0, 0.05) is 7.92 Å². The number of rotatable bonds is 11. The van der Waals surface area contributed by atoms with Crippen LogP contribution in [-0.4, -0.2) is 61.0 Å². The Kier molecular flexibility index (Phi) is 26.1. The van der Waals surface area contributed by atoms with Gasteiger partial charge in [0.1, 0.15) is 0 Å². The first kappa shape index (κ1) is 59.4. The van der Waals surface area contributed by atoms with Gasteiger partial charge in [-0.15, -0.1) is 0 Å². The second-order valence-electron chi connectivity index (χ2n) is 20.7. The van der Waals surface area contributed by atoms with Crippen molar-refractivity contribution in [1.82, 2.24) is 0 Å². The molecule has 4 aromatic rings. The maximum absolute atomic E-state index is 5.83. The molecule has 4 aliphatic rings. The molecule has 0 aromatic heterocycles. The Morgan fingerprint density at radius 2 is 0.800 bits per heavy atom. The molecule has 1 saturated heterocycles. The van der Waals surface area contributed by atoms with E-state index in [1.165, 1.54) is 61.7 Å². The van der Waals surface area contributed by atoms with Gasteiger partial charge in [-0.25, -0.2) is 0 Å². The topological polar surface area (TPSA) is 32.1 Å². The van der Waals surface area contributed by atoms with E-state index in [1.807, 2.05) is 85.4 Å². The van der Waals surface area contributed by atoms with Gasteiger partial charge in [-0.05, 0) is 141 Å². The fourth-order valence-electron chi connectivity index (χ4n) is 11.5. The summed E-state index contributed by atoms with van der Waals surface area (Å²) in [5.41, 5.74) is 16.6. The fourth-order valence-corrected chi connectivity index (χ4v) is 20.4. The van der Waals surface area contributed by atoms with Gasteiger partial charge in [0.05, 0.1) is 41.4 Å². The first-order valence-electron chi connectivity index (χ1n) is 26.2. The van der Waals surface area contributed by atoms with E-state index < -0.39 is 27.0 Å². The summed E-state index contributed by atoms with van der Waals surface area (Å²) < 4.78 is 12.8. The summed E-state index contributed by atoms with van der Waals surface area (Å²) in [6.45, 7) is 25.8. The first-order chi connectivity index (χ1) is 33.5. The van der Waals surface area contributed by atoms with Crippen LogP contribution in [0, 0.1) is 48.2 Å². The normalized spacial score (nSPS) is 17.1. The monoisotopic (exact) mass is 1230 g/mol. The molecular weight excluding hydrogens is 1140 g/mol. The van der Waals surface area contributed by atoms with E-state index in [-0.39, 0.29) is 20.1 Å². The number of hydrogen-bond acceptors (Lipinski definition) is 2. The Morgan fingerprint density at radius 3 is 1.09 bits per heavy atom. The number of benzene rings is 4. The van der Waals surface area contributed by atoms with E-state index in [0.29, 0.717) is 0 Å². The van der Waals surface area contributed by atoms with Gasteiger partial charge in [-0.3, -0.25) is 0 Å². The molecule has 4 fully saturated rings. The minimum atomic E-state index is -1.75. The summed E-state index contributed by atoms with van der Waals surface area (Å²) in [6.07, 6.45) is 24.4. The number of aliphatic hydroxyl groups is 2. The summed E-state index contributed by atoms with van der Waals surface area (Å²) in [6, 6.07) is 24.9. The van der Waals surface area contributed by atoms with E-state index >= 15 is 0 Å². The number of para-hydroxylation sites is 2. The zero-order chi connectivity index (χ0) is 50.7. The van der Waals surface area contributed by atoms with E-state index in [0.717, 1.165) is 35.7 Å². The van der Waals surface area contributed by atoms with Gasteiger partial charge < -0.3 is 0 Å². The maximum Gasteiger partial charge on any atom is 0.295 e. The van der Waals surface area contributed by atoms with E-state index in [1.54, 1.807) is 96.3 Å². The van der Waals surface area contributed by atoms with E-state index in [9.17, 15) is 0 Å². The van der Waals surface area contributed by atoms with Crippen molar-refractivity contribution in [3.8, 4) is 11.5 Å². The molecule has 0 atom stereocenters. The Bertz CT molecular complexity index is 2060. The van der Waals surface area contributed by atoms with Crippen LogP contribution in [0.4, 0.5) is 11.4 Å². The number of ether oxygens (including phenoxy) is 2. The van der Waals surface area contributed by atoms with Crippen LogP contribution >= 0.6 is 46.7 Å². The van der Waals surface area contributed by atoms with Gasteiger partial charge in [-0.1, -0.05) is 54.7 Å². The zero-order valence-corrected chi connectivity index (χ0v) is 51.6. The molecule has 0 bridgehead atoms. The minimum absolute atomic E-state index is 0.0465. The van der Waals surface area contributed by atoms with Crippen LogP contribution in [0.2, 0.25) is 0 Å². The van der Waals surface area contributed by atoms with Crippen molar-refractivity contribution in [2.45, 2.75) is 195 Å². The third-order valence-corrected chi connectivity index (χ3v) is 22.2. The molecule has 11 heteroatoms. The quantitative estimate of drug-likeness (QED) is 0.0649. The van der Waals surface area contributed by atoms with Gasteiger partial charge in [0.2, 0.25) is 0 Å². The van der Waals surface area contributed by atoms with Crippen LogP contribution in [-0.2, 0) is 27.0 Å². The molecule has 3 aliphatic carbocycles. The van der Waals surface area contributed by atoms with Crippen LogP contribution < -0.4 is 9.80 Å². The van der Waals surface area contributed by atoms with Crippen molar-refractivity contribution in [3.63, 3.8) is 0 Å². The molecule has 4 nitrogen and oxygen atoms in total. The van der Waals surface area contributed by atoms with Crippen molar-refractivity contribution in [3.05, 3.63) is 124 Å². The Balaban J connectivity index is 0.000000178. The average molecular weight is 1230 g/mol. The molecule has 2 N–H and O–H groups in total. The molecule has 1 heterocycles. The largest absolute Gasteiger partial charge is 0.295 e. The second kappa shape index (κ2) is 30.8. The molecule has 0 amide bonds. The third-order valence-electron chi connectivity index (χ3n) is 14.0. The molecule has 1 aliphatic heterocycles. The number of anilines is 2. The van der Waals surface area contributed by atoms with Gasteiger partial charge in [-0.2, -0.15) is 9.80 Å². The molecule has 390 valence electrons. The van der Waals surface area contributed by atoms with E-state index in [4.69, 9.17) is 38.8 Å². The standard InChI is InChI=1S/C21H27N2.C18H33P.2C10H12O.4ClH.2Ru/c1-14-9-16(3)20(17(4)10-14)22-7-8-23(13-22)21-18(5)11-15(2)12-19(21)6;1-4-10-16(11-5-1)19(17-12-6-2-7-13-17)18-14-8-3-9-15-18;2*1-8(2)11-10-7-5-4-6-9(10)3;;;;;;/h9-13H,7-8H2,1-6H3;16-18H,1-15H2;2*3-8H,1-2H3;4*1H;;/q+1;;;;;;;;2*+2/p-1. The van der Waals surface area contributed by atoms with Crippen molar-refractivity contribution in [2.24, 2.45) is 0 Å². The number of aromatic hydroxyl groups is 2. The van der Waals surface area contributed by atoms with Crippen molar-refractivity contribution in [1.29, 1.82) is 0 Å². The predicted molar refractivity (Wildman–Crippen MR) is 309 cm³/mol. The average Bonchev–Trinajstić information content (AvgIpc) is 3.77. The molecule has 8 rings (SSSR count). The molecule has 0 radical (unpaired) electrons. The van der Waals surface area contributed by atoms with Gasteiger partial charge in [0.25, 0.3) is 6.67 Å². The predicted octanol–water partition coefficient (Wildman–Crippen LogP) is 18.0. The van der Waals surface area contributed by atoms with E-state index in [2.05, 4.69) is 91.8 Å². The SMILES string of the molecule is C1CCC([PH+](C2CCCCC2)C2CCCCC2)CC1.CC(C)[OH+]c1ccccc1[CH]=[Ru]([Cl])[Cl].CC(C)[OH+]c1ccccc1[CH]=[Ru]([Cl])[Cl].Cc1cc(C)c(N2[CH+]N(c3c(C)cc(C)cc3C)CC2)c(C)c1. The van der Waals surface area contributed by atoms with Crippen LogP contribution in [0.25, 0.3) is 0 Å². The number of aryl methyl sites for hydroxylation is 6. The smallest absolute Gasteiger partial charge is 0.188 e. The Hall–Kier alpha value is -1.47. The Morgan fingerprint density at radius 1 is 0.500 bits per heavy atom. The summed E-state index contributed by atoms with van der Waals surface area (Å²) in [5.74, 6) is 1.95. The van der Waals surface area contributed by atoms with Crippen LogP contribution in [0.3, 0.4) is 0 Å². The summed E-state index contributed by atoms with van der Waals surface area (Å²) in [7, 11) is 23.3. The fraction of sp³-hybridized carbons (Fsp3) is 0.542. The summed E-state index contributed by atoms with van der Waals surface area (Å²) in [5, 5.41) is 0. The minimum Gasteiger partial charge on any atom is -0.188 e. The molecule has 3 saturated carbocycles. The Labute approximate surface area is 453 Å². The number of hydrogen-bond donors (Lipinski definition) is 0. The van der Waals surface area contributed by atoms with Crippen molar-refractivity contribution < 1.29 is 36.5 Å². The number of nitrogens with zero attached hydrogens (tertiary/aromatic N) is 2. The third kappa shape index (κ3) is 19.3.